The van der Waals surface area contributed by atoms with Crippen LogP contribution in [0.2, 0.25) is 0 Å². The first kappa shape index (κ1) is 11.9. The summed E-state index contributed by atoms with van der Waals surface area (Å²) in [7, 11) is 0. The van der Waals surface area contributed by atoms with Gasteiger partial charge < -0.3 is 10.1 Å². The van der Waals surface area contributed by atoms with E-state index in [2.05, 4.69) is 5.32 Å². The van der Waals surface area contributed by atoms with Crippen molar-refractivity contribution in [2.75, 3.05) is 0 Å². The third-order valence-electron chi connectivity index (χ3n) is 4.70. The Balaban J connectivity index is 2.10. The number of hydrogen-bond acceptors (Lipinski definition) is 3. The molecule has 3 aliphatic rings. The standard InChI is InChI=1S/C14H19NO3/c1-7(2)11(16)9-10-12(17)15-8(3)14(10)6-5-13(9,4)18-14/h5-10H,1-4H3,(H,15,17)/t8-,9+,10+,13+,14-/m1/s1. The van der Waals surface area contributed by atoms with Gasteiger partial charge in [0.25, 0.3) is 0 Å². The zero-order valence-corrected chi connectivity index (χ0v) is 11.2. The molecular formula is C14H19NO3. The summed E-state index contributed by atoms with van der Waals surface area (Å²) in [5.41, 5.74) is -1.22. The Bertz CT molecular complexity index is 470. The van der Waals surface area contributed by atoms with Crippen LogP contribution in [0.5, 0.6) is 0 Å². The van der Waals surface area contributed by atoms with Crippen LogP contribution in [0.25, 0.3) is 0 Å². The molecule has 0 unspecified atom stereocenters. The van der Waals surface area contributed by atoms with Gasteiger partial charge in [-0.1, -0.05) is 26.0 Å². The summed E-state index contributed by atoms with van der Waals surface area (Å²) < 4.78 is 6.12. The third-order valence-corrected chi connectivity index (χ3v) is 4.70. The van der Waals surface area contributed by atoms with Crippen molar-refractivity contribution in [1.29, 1.82) is 0 Å². The number of ketones is 1. The smallest absolute Gasteiger partial charge is 0.227 e. The van der Waals surface area contributed by atoms with Gasteiger partial charge in [-0.25, -0.2) is 0 Å². The SMILES string of the molecule is CC(C)C(=O)[C@@H]1[C@H]2C(=O)N[C@H](C)[C@]23C=C[C@]1(C)O3. The molecule has 3 aliphatic heterocycles. The first-order chi connectivity index (χ1) is 8.32. The lowest BCUT2D eigenvalue weighted by Crippen LogP contribution is -2.44. The van der Waals surface area contributed by atoms with Crippen LogP contribution in [0.1, 0.15) is 27.7 Å². The predicted molar refractivity (Wildman–Crippen MR) is 65.8 cm³/mol. The average molecular weight is 249 g/mol. The molecule has 0 aromatic heterocycles. The maximum absolute atomic E-state index is 12.4. The van der Waals surface area contributed by atoms with Gasteiger partial charge in [-0.2, -0.15) is 0 Å². The number of ether oxygens (including phenoxy) is 1. The summed E-state index contributed by atoms with van der Waals surface area (Å²) in [6.07, 6.45) is 3.94. The van der Waals surface area contributed by atoms with E-state index in [9.17, 15) is 9.59 Å². The van der Waals surface area contributed by atoms with Crippen LogP contribution >= 0.6 is 0 Å². The lowest BCUT2D eigenvalue weighted by molar-refractivity contribution is -0.135. The third kappa shape index (κ3) is 1.14. The number of nitrogens with one attached hydrogen (secondary N) is 1. The normalized spacial score (nSPS) is 48.7. The van der Waals surface area contributed by atoms with Gasteiger partial charge in [0.05, 0.1) is 23.5 Å². The molecule has 4 heteroatoms. The molecule has 2 saturated heterocycles. The van der Waals surface area contributed by atoms with Crippen molar-refractivity contribution in [1.82, 2.24) is 5.32 Å². The van der Waals surface area contributed by atoms with E-state index in [4.69, 9.17) is 4.74 Å². The van der Waals surface area contributed by atoms with Crippen LogP contribution < -0.4 is 5.32 Å². The zero-order chi connectivity index (χ0) is 13.3. The minimum absolute atomic E-state index is 0.0467. The molecule has 0 radical (unpaired) electrons. The molecule has 0 saturated carbocycles. The second-order valence-electron chi connectivity index (χ2n) is 6.22. The maximum atomic E-state index is 12.4. The number of rotatable bonds is 2. The van der Waals surface area contributed by atoms with E-state index in [1.807, 2.05) is 39.8 Å². The first-order valence-electron chi connectivity index (χ1n) is 6.56. The van der Waals surface area contributed by atoms with Gasteiger partial charge in [0.2, 0.25) is 5.91 Å². The lowest BCUT2D eigenvalue weighted by atomic mass is 9.67. The van der Waals surface area contributed by atoms with Crippen LogP contribution in [0.4, 0.5) is 0 Å². The van der Waals surface area contributed by atoms with E-state index >= 15 is 0 Å². The second kappa shape index (κ2) is 3.23. The fourth-order valence-corrected chi connectivity index (χ4v) is 3.75. The van der Waals surface area contributed by atoms with Crippen LogP contribution in [0, 0.1) is 17.8 Å². The molecule has 1 spiro atoms. The van der Waals surface area contributed by atoms with Crippen LogP contribution in [-0.2, 0) is 14.3 Å². The summed E-state index contributed by atoms with van der Waals surface area (Å²) in [6.45, 7) is 7.62. The molecule has 2 fully saturated rings. The molecule has 0 aromatic rings. The molecule has 5 atom stereocenters. The molecule has 4 nitrogen and oxygen atoms in total. The Morgan fingerprint density at radius 2 is 2.11 bits per heavy atom. The average Bonchev–Trinajstić information content (AvgIpc) is 2.83. The molecule has 0 aliphatic carbocycles. The highest BCUT2D eigenvalue weighted by molar-refractivity contribution is 5.95. The van der Waals surface area contributed by atoms with Crippen molar-refractivity contribution < 1.29 is 14.3 Å². The molecule has 2 bridgehead atoms. The van der Waals surface area contributed by atoms with Gasteiger partial charge in [0.15, 0.2) is 0 Å². The van der Waals surface area contributed by atoms with Gasteiger partial charge in [-0.05, 0) is 13.8 Å². The highest BCUT2D eigenvalue weighted by Gasteiger charge is 2.71. The summed E-state index contributed by atoms with van der Waals surface area (Å²) in [6, 6.07) is -0.0713. The quantitative estimate of drug-likeness (QED) is 0.744. The maximum Gasteiger partial charge on any atom is 0.227 e. The highest BCUT2D eigenvalue weighted by Crippen LogP contribution is 2.57. The Labute approximate surface area is 107 Å². The lowest BCUT2D eigenvalue weighted by Gasteiger charge is -2.29. The monoisotopic (exact) mass is 249 g/mol. The van der Waals surface area contributed by atoms with Crippen molar-refractivity contribution in [3.8, 4) is 0 Å². The molecule has 98 valence electrons. The fourth-order valence-electron chi connectivity index (χ4n) is 3.75. The minimum Gasteiger partial charge on any atom is -0.357 e. The van der Waals surface area contributed by atoms with E-state index in [1.165, 1.54) is 0 Å². The van der Waals surface area contributed by atoms with Crippen molar-refractivity contribution in [2.24, 2.45) is 17.8 Å². The Morgan fingerprint density at radius 3 is 2.72 bits per heavy atom. The van der Waals surface area contributed by atoms with Crippen molar-refractivity contribution in [3.63, 3.8) is 0 Å². The van der Waals surface area contributed by atoms with Crippen molar-refractivity contribution >= 4 is 11.7 Å². The molecular weight excluding hydrogens is 230 g/mol. The Morgan fingerprint density at radius 1 is 1.44 bits per heavy atom. The van der Waals surface area contributed by atoms with E-state index < -0.39 is 11.2 Å². The van der Waals surface area contributed by atoms with Gasteiger partial charge in [-0.3, -0.25) is 9.59 Å². The topological polar surface area (TPSA) is 55.4 Å². The summed E-state index contributed by atoms with van der Waals surface area (Å²) in [5.74, 6) is -0.721. The van der Waals surface area contributed by atoms with E-state index in [-0.39, 0.29) is 35.5 Å². The molecule has 18 heavy (non-hydrogen) atoms. The van der Waals surface area contributed by atoms with E-state index in [0.717, 1.165) is 0 Å². The number of fused-ring (bicyclic) bond motifs is 1. The molecule has 0 aromatic carbocycles. The Hall–Kier alpha value is -1.16. The van der Waals surface area contributed by atoms with Crippen molar-refractivity contribution in [2.45, 2.75) is 44.9 Å². The number of amides is 1. The number of Topliss-reactive ketones (excluding diaryl/α,β-unsaturated/α-hetero) is 1. The van der Waals surface area contributed by atoms with Gasteiger partial charge in [0, 0.05) is 5.92 Å². The summed E-state index contributed by atoms with van der Waals surface area (Å²) >= 11 is 0. The number of carbonyl (C=O) groups excluding carboxylic acids is 2. The van der Waals surface area contributed by atoms with E-state index in [1.54, 1.807) is 0 Å². The van der Waals surface area contributed by atoms with Gasteiger partial charge in [-0.15, -0.1) is 0 Å². The van der Waals surface area contributed by atoms with E-state index in [0.29, 0.717) is 0 Å². The molecule has 1 N–H and O–H groups in total. The first-order valence-corrected chi connectivity index (χ1v) is 6.56. The number of carbonyl (C=O) groups is 2. The predicted octanol–water partition coefficient (Wildman–Crippen LogP) is 1.06. The highest BCUT2D eigenvalue weighted by atomic mass is 16.5. The summed E-state index contributed by atoms with van der Waals surface area (Å²) in [5, 5.41) is 2.91. The molecule has 1 amide bonds. The zero-order valence-electron chi connectivity index (χ0n) is 11.2. The summed E-state index contributed by atoms with van der Waals surface area (Å²) in [4.78, 5) is 24.6. The van der Waals surface area contributed by atoms with Crippen molar-refractivity contribution in [3.05, 3.63) is 12.2 Å². The van der Waals surface area contributed by atoms with Gasteiger partial charge in [0.1, 0.15) is 11.4 Å². The minimum atomic E-state index is -0.613. The largest absolute Gasteiger partial charge is 0.357 e. The van der Waals surface area contributed by atoms with Crippen LogP contribution in [0.15, 0.2) is 12.2 Å². The van der Waals surface area contributed by atoms with Crippen LogP contribution in [-0.4, -0.2) is 28.9 Å². The molecule has 3 rings (SSSR count). The van der Waals surface area contributed by atoms with Crippen LogP contribution in [0.3, 0.4) is 0 Å². The fraction of sp³-hybridized carbons (Fsp3) is 0.714. The Kier molecular flexibility index (Phi) is 2.14. The van der Waals surface area contributed by atoms with Gasteiger partial charge >= 0.3 is 0 Å². The molecule has 3 heterocycles. The number of hydrogen-bond donors (Lipinski definition) is 1. The second-order valence-corrected chi connectivity index (χ2v) is 6.22.